The lowest BCUT2D eigenvalue weighted by molar-refractivity contribution is -0.384. The summed E-state index contributed by atoms with van der Waals surface area (Å²) in [7, 11) is 1.55. The van der Waals surface area contributed by atoms with Crippen molar-refractivity contribution in [2.75, 3.05) is 12.0 Å². The van der Waals surface area contributed by atoms with Crippen molar-refractivity contribution in [3.63, 3.8) is 0 Å². The zero-order chi connectivity index (χ0) is 19.7. The van der Waals surface area contributed by atoms with Crippen LogP contribution in [0.1, 0.15) is 5.56 Å². The maximum atomic E-state index is 12.9. The van der Waals surface area contributed by atoms with Crippen molar-refractivity contribution in [1.29, 1.82) is 0 Å². The lowest BCUT2D eigenvalue weighted by atomic mass is 10.2. The molecule has 0 bridgehead atoms. The van der Waals surface area contributed by atoms with Crippen LogP contribution in [0.5, 0.6) is 5.75 Å². The van der Waals surface area contributed by atoms with Crippen molar-refractivity contribution in [1.82, 2.24) is 0 Å². The van der Waals surface area contributed by atoms with E-state index in [4.69, 9.17) is 17.0 Å². The first-order valence-corrected chi connectivity index (χ1v) is 10.2. The lowest BCUT2D eigenvalue weighted by Gasteiger charge is -2.14. The molecular formula is C17H10Br2N2O4S2. The molecule has 6 nitrogen and oxygen atoms in total. The van der Waals surface area contributed by atoms with Gasteiger partial charge in [0, 0.05) is 22.2 Å². The maximum absolute atomic E-state index is 12.9. The van der Waals surface area contributed by atoms with Gasteiger partial charge in [0.1, 0.15) is 5.75 Å². The van der Waals surface area contributed by atoms with Crippen molar-refractivity contribution < 1.29 is 14.5 Å². The molecule has 0 aliphatic carbocycles. The average molecular weight is 530 g/mol. The van der Waals surface area contributed by atoms with Crippen molar-refractivity contribution in [2.45, 2.75) is 0 Å². The van der Waals surface area contributed by atoms with Crippen LogP contribution >= 0.6 is 55.8 Å². The van der Waals surface area contributed by atoms with E-state index in [0.29, 0.717) is 26.2 Å². The molecule has 0 atom stereocenters. The molecule has 1 aliphatic heterocycles. The van der Waals surface area contributed by atoms with Gasteiger partial charge in [-0.05, 0) is 46.3 Å². The SMILES string of the molecule is COc1c(Br)cc(Br)cc1/C=C1\SC(=S)N(c2ccc([N+](=O)[O-])cc2)C1=O. The quantitative estimate of drug-likeness (QED) is 0.224. The Morgan fingerprint density at radius 2 is 1.93 bits per heavy atom. The van der Waals surface area contributed by atoms with Crippen LogP contribution in [0.3, 0.4) is 0 Å². The highest BCUT2D eigenvalue weighted by Crippen LogP contribution is 2.39. The van der Waals surface area contributed by atoms with Gasteiger partial charge in [0.2, 0.25) is 0 Å². The maximum Gasteiger partial charge on any atom is 0.270 e. The molecule has 3 rings (SSSR count). The van der Waals surface area contributed by atoms with Crippen LogP contribution in [0.4, 0.5) is 11.4 Å². The van der Waals surface area contributed by atoms with Crippen molar-refractivity contribution in [3.8, 4) is 5.75 Å². The van der Waals surface area contributed by atoms with E-state index in [9.17, 15) is 14.9 Å². The Balaban J connectivity index is 1.97. The smallest absolute Gasteiger partial charge is 0.270 e. The van der Waals surface area contributed by atoms with Gasteiger partial charge >= 0.3 is 0 Å². The summed E-state index contributed by atoms with van der Waals surface area (Å²) in [5.41, 5.74) is 1.14. The van der Waals surface area contributed by atoms with Gasteiger partial charge in [0.15, 0.2) is 4.32 Å². The molecule has 0 saturated carbocycles. The van der Waals surface area contributed by atoms with Gasteiger partial charge in [-0.15, -0.1) is 0 Å². The topological polar surface area (TPSA) is 72.7 Å². The molecule has 27 heavy (non-hydrogen) atoms. The molecule has 1 amide bonds. The van der Waals surface area contributed by atoms with Crippen LogP contribution in [0.25, 0.3) is 6.08 Å². The molecule has 10 heteroatoms. The number of nitro groups is 1. The van der Waals surface area contributed by atoms with Crippen LogP contribution < -0.4 is 9.64 Å². The minimum absolute atomic E-state index is 0.0524. The van der Waals surface area contributed by atoms with E-state index in [0.717, 1.165) is 20.7 Å². The number of thioether (sulfide) groups is 1. The Kier molecular flexibility index (Phi) is 5.99. The number of nitro benzene ring substituents is 1. The average Bonchev–Trinajstić information content (AvgIpc) is 2.88. The molecule has 2 aromatic rings. The molecule has 1 saturated heterocycles. The molecule has 2 aromatic carbocycles. The summed E-state index contributed by atoms with van der Waals surface area (Å²) in [6.45, 7) is 0. The van der Waals surface area contributed by atoms with Crippen LogP contribution in [0.2, 0.25) is 0 Å². The number of nitrogens with zero attached hydrogens (tertiary/aromatic N) is 2. The van der Waals surface area contributed by atoms with Gasteiger partial charge in [0.25, 0.3) is 11.6 Å². The molecule has 0 N–H and O–H groups in total. The number of non-ortho nitro benzene ring substituents is 1. The van der Waals surface area contributed by atoms with E-state index in [1.807, 2.05) is 12.1 Å². The number of carbonyl (C=O) groups is 1. The second-order valence-electron chi connectivity index (χ2n) is 5.30. The predicted octanol–water partition coefficient (Wildman–Crippen LogP) is 5.53. The Bertz CT molecular complexity index is 993. The van der Waals surface area contributed by atoms with Crippen molar-refractivity contribution in [3.05, 3.63) is 65.9 Å². The van der Waals surface area contributed by atoms with E-state index in [-0.39, 0.29) is 11.6 Å². The zero-order valence-electron chi connectivity index (χ0n) is 13.6. The molecule has 0 radical (unpaired) electrons. The molecule has 1 heterocycles. The molecule has 0 unspecified atom stereocenters. The lowest BCUT2D eigenvalue weighted by Crippen LogP contribution is -2.27. The monoisotopic (exact) mass is 528 g/mol. The third kappa shape index (κ3) is 4.08. The highest BCUT2D eigenvalue weighted by Gasteiger charge is 2.33. The molecule has 138 valence electrons. The molecular weight excluding hydrogens is 520 g/mol. The molecule has 0 aromatic heterocycles. The van der Waals surface area contributed by atoms with Crippen LogP contribution in [-0.4, -0.2) is 22.3 Å². The number of benzene rings is 2. The predicted molar refractivity (Wildman–Crippen MR) is 117 cm³/mol. The van der Waals surface area contributed by atoms with Gasteiger partial charge in [-0.2, -0.15) is 0 Å². The van der Waals surface area contributed by atoms with E-state index in [1.54, 1.807) is 13.2 Å². The summed E-state index contributed by atoms with van der Waals surface area (Å²) in [6, 6.07) is 9.36. The minimum atomic E-state index is -0.495. The summed E-state index contributed by atoms with van der Waals surface area (Å²) in [6.07, 6.45) is 1.71. The minimum Gasteiger partial charge on any atom is -0.495 e. The normalized spacial score (nSPS) is 15.5. The number of hydrogen-bond acceptors (Lipinski definition) is 6. The number of halogens is 2. The van der Waals surface area contributed by atoms with E-state index < -0.39 is 4.92 Å². The first-order chi connectivity index (χ1) is 12.8. The summed E-state index contributed by atoms with van der Waals surface area (Å²) in [4.78, 5) is 25.0. The highest BCUT2D eigenvalue weighted by molar-refractivity contribution is 9.11. The number of amides is 1. The molecule has 1 fully saturated rings. The first-order valence-electron chi connectivity index (χ1n) is 7.37. The summed E-state index contributed by atoms with van der Waals surface area (Å²) < 4.78 is 7.34. The number of hydrogen-bond donors (Lipinski definition) is 0. The van der Waals surface area contributed by atoms with Gasteiger partial charge in [-0.1, -0.05) is 39.9 Å². The van der Waals surface area contributed by atoms with Crippen LogP contribution in [-0.2, 0) is 4.79 Å². The Morgan fingerprint density at radius 3 is 2.52 bits per heavy atom. The fraction of sp³-hybridized carbons (Fsp3) is 0.0588. The van der Waals surface area contributed by atoms with Crippen molar-refractivity contribution in [2.24, 2.45) is 0 Å². The van der Waals surface area contributed by atoms with E-state index in [1.165, 1.54) is 29.2 Å². The van der Waals surface area contributed by atoms with Gasteiger partial charge in [-0.25, -0.2) is 0 Å². The molecule has 1 aliphatic rings. The second-order valence-corrected chi connectivity index (χ2v) is 8.75. The summed E-state index contributed by atoms with van der Waals surface area (Å²) in [5, 5.41) is 10.8. The van der Waals surface area contributed by atoms with Gasteiger partial charge in [0.05, 0.1) is 27.1 Å². The molecule has 0 spiro atoms. The number of carbonyl (C=O) groups excluding carboxylic acids is 1. The zero-order valence-corrected chi connectivity index (χ0v) is 18.4. The third-order valence-corrected chi connectivity index (χ3v) is 5.99. The second kappa shape index (κ2) is 8.09. The largest absolute Gasteiger partial charge is 0.495 e. The Labute approximate surface area is 181 Å². The number of anilines is 1. The summed E-state index contributed by atoms with van der Waals surface area (Å²) >= 11 is 13.4. The first kappa shape index (κ1) is 20.0. The Hall–Kier alpha value is -1.75. The van der Waals surface area contributed by atoms with Gasteiger partial charge in [-0.3, -0.25) is 19.8 Å². The number of thiocarbonyl (C=S) groups is 1. The number of ether oxygens (including phenoxy) is 1. The number of methoxy groups -OCH3 is 1. The highest BCUT2D eigenvalue weighted by atomic mass is 79.9. The fourth-order valence-electron chi connectivity index (χ4n) is 2.46. The van der Waals surface area contributed by atoms with Crippen LogP contribution in [0, 0.1) is 10.1 Å². The standard InChI is InChI=1S/C17H10Br2N2O4S2/c1-25-15-9(6-10(18)8-13(15)19)7-14-16(22)20(17(26)27-14)11-2-4-12(5-3-11)21(23)24/h2-8H,1H3/b14-7-. The van der Waals surface area contributed by atoms with Crippen molar-refractivity contribution >= 4 is 83.5 Å². The third-order valence-electron chi connectivity index (χ3n) is 3.64. The van der Waals surface area contributed by atoms with Crippen LogP contribution in [0.15, 0.2) is 50.2 Å². The summed E-state index contributed by atoms with van der Waals surface area (Å²) in [5.74, 6) is 0.302. The fourth-order valence-corrected chi connectivity index (χ4v) is 5.17. The van der Waals surface area contributed by atoms with E-state index in [2.05, 4.69) is 31.9 Å². The van der Waals surface area contributed by atoms with Gasteiger partial charge < -0.3 is 4.74 Å². The van der Waals surface area contributed by atoms with E-state index >= 15 is 0 Å². The number of rotatable bonds is 4. The Morgan fingerprint density at radius 1 is 1.26 bits per heavy atom.